The van der Waals surface area contributed by atoms with Crippen LogP contribution in [0.3, 0.4) is 0 Å². The quantitative estimate of drug-likeness (QED) is 0.716. The molecule has 1 aromatic rings. The van der Waals surface area contributed by atoms with Crippen LogP contribution in [-0.4, -0.2) is 45.8 Å². The molecule has 0 saturated carbocycles. The first-order chi connectivity index (χ1) is 8.47. The Morgan fingerprint density at radius 2 is 2.11 bits per heavy atom. The second kappa shape index (κ2) is 6.47. The summed E-state index contributed by atoms with van der Waals surface area (Å²) in [5.74, 6) is 0.503. The Balaban J connectivity index is 2.75. The Kier molecular flexibility index (Phi) is 5.25. The third-order valence-corrected chi connectivity index (χ3v) is 2.61. The lowest BCUT2D eigenvalue weighted by atomic mass is 10.5. The van der Waals surface area contributed by atoms with Crippen LogP contribution in [0.5, 0.6) is 5.88 Å². The summed E-state index contributed by atoms with van der Waals surface area (Å²) in [7, 11) is 3.12. The standard InChI is InChI=1S/C9H15N3O5S/c1-11-8(5-7(10-11)6-18(4)14)17-9(13)12(15-2)16-3/h5H,6H2,1-4H3. The molecule has 18 heavy (non-hydrogen) atoms. The molecule has 0 fully saturated rings. The molecule has 0 saturated heterocycles. The summed E-state index contributed by atoms with van der Waals surface area (Å²) >= 11 is 0. The largest absolute Gasteiger partial charge is 0.466 e. The first-order valence-corrected chi connectivity index (χ1v) is 6.63. The van der Waals surface area contributed by atoms with Crippen LogP contribution < -0.4 is 4.74 Å². The summed E-state index contributed by atoms with van der Waals surface area (Å²) in [4.78, 5) is 20.7. The van der Waals surface area contributed by atoms with Gasteiger partial charge in [0.1, 0.15) is 0 Å². The maximum atomic E-state index is 11.5. The number of hydrogen-bond donors (Lipinski definition) is 0. The minimum atomic E-state index is -1.01. The highest BCUT2D eigenvalue weighted by atomic mass is 32.2. The van der Waals surface area contributed by atoms with Gasteiger partial charge in [0.2, 0.25) is 5.88 Å². The number of hydrogen-bond acceptors (Lipinski definition) is 6. The maximum absolute atomic E-state index is 11.5. The third kappa shape index (κ3) is 3.79. The zero-order valence-corrected chi connectivity index (χ0v) is 11.4. The van der Waals surface area contributed by atoms with E-state index in [0.29, 0.717) is 16.7 Å². The van der Waals surface area contributed by atoms with E-state index >= 15 is 0 Å². The molecule has 0 spiro atoms. The molecule has 0 aromatic carbocycles. The lowest BCUT2D eigenvalue weighted by Crippen LogP contribution is -2.32. The molecule has 0 aliphatic heterocycles. The Labute approximate surface area is 107 Å². The molecule has 1 unspecified atom stereocenters. The smallest absolute Gasteiger partial charge is 0.388 e. The van der Waals surface area contributed by atoms with E-state index in [4.69, 9.17) is 4.74 Å². The van der Waals surface area contributed by atoms with Crippen molar-refractivity contribution in [3.05, 3.63) is 11.8 Å². The van der Waals surface area contributed by atoms with Crippen LogP contribution >= 0.6 is 0 Å². The monoisotopic (exact) mass is 277 g/mol. The number of rotatable bonds is 5. The molecule has 0 aliphatic carbocycles. The summed E-state index contributed by atoms with van der Waals surface area (Å²) in [5.41, 5.74) is 0.572. The first kappa shape index (κ1) is 14.6. The van der Waals surface area contributed by atoms with Crippen molar-refractivity contribution < 1.29 is 23.4 Å². The van der Waals surface area contributed by atoms with Crippen LogP contribution in [0.25, 0.3) is 0 Å². The van der Waals surface area contributed by atoms with Gasteiger partial charge in [0.15, 0.2) is 0 Å². The summed E-state index contributed by atoms with van der Waals surface area (Å²) in [6, 6.07) is 1.53. The summed E-state index contributed by atoms with van der Waals surface area (Å²) in [5, 5.41) is 4.64. The predicted octanol–water partition coefficient (Wildman–Crippen LogP) is 0.222. The van der Waals surface area contributed by atoms with E-state index in [-0.39, 0.29) is 5.88 Å². The van der Waals surface area contributed by atoms with Gasteiger partial charge in [-0.1, -0.05) is 0 Å². The van der Waals surface area contributed by atoms with Gasteiger partial charge in [0, 0.05) is 30.2 Å². The second-order valence-electron chi connectivity index (χ2n) is 3.31. The third-order valence-electron chi connectivity index (χ3n) is 1.91. The molecular formula is C9H15N3O5S. The van der Waals surface area contributed by atoms with E-state index in [9.17, 15) is 9.00 Å². The summed E-state index contributed by atoms with van der Waals surface area (Å²) < 4.78 is 17.4. The van der Waals surface area contributed by atoms with Gasteiger partial charge in [-0.2, -0.15) is 5.10 Å². The SMILES string of the molecule is CON(OC)C(=O)Oc1cc(CS(C)=O)nn1C. The molecule has 102 valence electrons. The van der Waals surface area contributed by atoms with Crippen molar-refractivity contribution in [3.63, 3.8) is 0 Å². The van der Waals surface area contributed by atoms with E-state index in [0.717, 1.165) is 0 Å². The van der Waals surface area contributed by atoms with Gasteiger partial charge in [-0.05, 0) is 5.23 Å². The van der Waals surface area contributed by atoms with E-state index < -0.39 is 16.9 Å². The average Bonchev–Trinajstić information content (AvgIpc) is 2.59. The fourth-order valence-electron chi connectivity index (χ4n) is 1.23. The molecule has 1 heterocycles. The summed E-state index contributed by atoms with van der Waals surface area (Å²) in [6.45, 7) is 0. The van der Waals surface area contributed by atoms with Crippen LogP contribution in [0.1, 0.15) is 5.69 Å². The molecule has 1 aromatic heterocycles. The summed E-state index contributed by atoms with van der Waals surface area (Å²) in [6.07, 6.45) is 0.727. The highest BCUT2D eigenvalue weighted by Gasteiger charge is 2.18. The second-order valence-corrected chi connectivity index (χ2v) is 4.74. The number of carbonyl (C=O) groups is 1. The van der Waals surface area contributed by atoms with Crippen LogP contribution in [0.2, 0.25) is 0 Å². The number of ether oxygens (including phenoxy) is 1. The van der Waals surface area contributed by atoms with Gasteiger partial charge in [0.05, 0.1) is 25.7 Å². The average molecular weight is 277 g/mol. The molecule has 8 nitrogen and oxygen atoms in total. The Bertz CT molecular complexity index is 443. The molecular weight excluding hydrogens is 262 g/mol. The lowest BCUT2D eigenvalue weighted by Gasteiger charge is -2.14. The number of hydroxylamine groups is 2. The van der Waals surface area contributed by atoms with Crippen LogP contribution in [-0.2, 0) is 33.3 Å². The van der Waals surface area contributed by atoms with E-state index in [1.54, 1.807) is 13.3 Å². The highest BCUT2D eigenvalue weighted by Crippen LogP contribution is 2.14. The normalized spacial score (nSPS) is 12.2. The molecule has 1 atom stereocenters. The molecule has 1 rings (SSSR count). The topological polar surface area (TPSA) is 82.9 Å². The van der Waals surface area contributed by atoms with Gasteiger partial charge in [0.25, 0.3) is 0 Å². The fourth-order valence-corrected chi connectivity index (χ4v) is 1.79. The van der Waals surface area contributed by atoms with Gasteiger partial charge in [-0.15, -0.1) is 0 Å². The number of carbonyl (C=O) groups excluding carboxylic acids is 1. The number of aryl methyl sites for hydroxylation is 1. The number of amides is 1. The molecule has 0 radical (unpaired) electrons. The minimum Gasteiger partial charge on any atom is -0.388 e. The van der Waals surface area contributed by atoms with Crippen molar-refractivity contribution in [2.24, 2.45) is 7.05 Å². The predicted molar refractivity (Wildman–Crippen MR) is 62.9 cm³/mol. The maximum Gasteiger partial charge on any atom is 0.466 e. The lowest BCUT2D eigenvalue weighted by molar-refractivity contribution is -0.305. The van der Waals surface area contributed by atoms with Crippen molar-refractivity contribution >= 4 is 16.9 Å². The number of nitrogens with zero attached hydrogens (tertiary/aromatic N) is 3. The van der Waals surface area contributed by atoms with Crippen molar-refractivity contribution in [3.8, 4) is 5.88 Å². The first-order valence-electron chi connectivity index (χ1n) is 4.91. The van der Waals surface area contributed by atoms with Gasteiger partial charge in [-0.25, -0.2) is 19.2 Å². The van der Waals surface area contributed by atoms with Crippen molar-refractivity contribution in [1.82, 2.24) is 15.0 Å². The Hall–Kier alpha value is -1.45. The molecule has 1 amide bonds. The molecule has 0 bridgehead atoms. The van der Waals surface area contributed by atoms with Gasteiger partial charge < -0.3 is 4.74 Å². The van der Waals surface area contributed by atoms with E-state index in [2.05, 4.69) is 14.8 Å². The molecule has 9 heteroatoms. The Morgan fingerprint density at radius 3 is 2.61 bits per heavy atom. The van der Waals surface area contributed by atoms with Crippen molar-refractivity contribution in [2.75, 3.05) is 20.5 Å². The van der Waals surface area contributed by atoms with Crippen LogP contribution in [0, 0.1) is 0 Å². The van der Waals surface area contributed by atoms with E-state index in [1.807, 2.05) is 0 Å². The van der Waals surface area contributed by atoms with Crippen molar-refractivity contribution in [2.45, 2.75) is 5.75 Å². The molecule has 0 aliphatic rings. The van der Waals surface area contributed by atoms with Gasteiger partial charge >= 0.3 is 6.09 Å². The highest BCUT2D eigenvalue weighted by molar-refractivity contribution is 7.83. The number of aromatic nitrogens is 2. The fraction of sp³-hybridized carbons (Fsp3) is 0.556. The zero-order valence-electron chi connectivity index (χ0n) is 10.6. The van der Waals surface area contributed by atoms with Crippen LogP contribution in [0.15, 0.2) is 6.07 Å². The van der Waals surface area contributed by atoms with Gasteiger partial charge in [-0.3, -0.25) is 4.21 Å². The van der Waals surface area contributed by atoms with Crippen LogP contribution in [0.4, 0.5) is 4.79 Å². The van der Waals surface area contributed by atoms with Crippen molar-refractivity contribution in [1.29, 1.82) is 0 Å². The van der Waals surface area contributed by atoms with E-state index in [1.165, 1.54) is 25.0 Å². The zero-order chi connectivity index (χ0) is 13.7. The Morgan fingerprint density at radius 1 is 1.50 bits per heavy atom. The minimum absolute atomic E-state index is 0.208. The molecule has 0 N–H and O–H groups in total.